The Morgan fingerprint density at radius 3 is 2.72 bits per heavy atom. The second-order valence-electron chi connectivity index (χ2n) is 8.98. The Labute approximate surface area is 212 Å². The fourth-order valence-electron chi connectivity index (χ4n) is 4.48. The SMILES string of the molecule is C=C(/C=C1/N=C(C(=O)N2CCCCCC2C)C=C(CC)N1C)c1ccc(OC)c(/C=C/C(=O)O)c1F. The van der Waals surface area contributed by atoms with E-state index in [9.17, 15) is 9.59 Å². The summed E-state index contributed by atoms with van der Waals surface area (Å²) >= 11 is 0. The number of carboxylic acid groups (broad SMARTS) is 1. The van der Waals surface area contributed by atoms with Crippen molar-refractivity contribution in [2.24, 2.45) is 4.99 Å². The van der Waals surface area contributed by atoms with E-state index in [2.05, 4.69) is 18.5 Å². The van der Waals surface area contributed by atoms with E-state index >= 15 is 4.39 Å². The number of likely N-dealkylation sites (tertiary alicyclic amines) is 1. The van der Waals surface area contributed by atoms with Crippen molar-refractivity contribution < 1.29 is 23.8 Å². The third kappa shape index (κ3) is 5.93. The quantitative estimate of drug-likeness (QED) is 0.522. The summed E-state index contributed by atoms with van der Waals surface area (Å²) in [5.41, 5.74) is 1.79. The van der Waals surface area contributed by atoms with Crippen LogP contribution >= 0.6 is 0 Å². The summed E-state index contributed by atoms with van der Waals surface area (Å²) < 4.78 is 20.6. The van der Waals surface area contributed by atoms with Gasteiger partial charge in [-0.15, -0.1) is 0 Å². The van der Waals surface area contributed by atoms with Gasteiger partial charge in [0.15, 0.2) is 0 Å². The van der Waals surface area contributed by atoms with Crippen molar-refractivity contribution in [2.45, 2.75) is 52.0 Å². The molecular weight excluding hydrogens is 461 g/mol. The van der Waals surface area contributed by atoms with E-state index < -0.39 is 11.8 Å². The molecule has 2 aliphatic rings. The largest absolute Gasteiger partial charge is 0.496 e. The van der Waals surface area contributed by atoms with Crippen LogP contribution in [0, 0.1) is 5.82 Å². The average Bonchev–Trinajstić information content (AvgIpc) is 3.07. The van der Waals surface area contributed by atoms with Crippen LogP contribution in [-0.2, 0) is 9.59 Å². The maximum Gasteiger partial charge on any atom is 0.328 e. The zero-order valence-electron chi connectivity index (χ0n) is 21.4. The summed E-state index contributed by atoms with van der Waals surface area (Å²) in [7, 11) is 3.23. The lowest BCUT2D eigenvalue weighted by Gasteiger charge is -2.31. The Morgan fingerprint density at radius 2 is 2.06 bits per heavy atom. The number of ether oxygens (including phenoxy) is 1. The van der Waals surface area contributed by atoms with Crippen molar-refractivity contribution in [1.82, 2.24) is 9.80 Å². The van der Waals surface area contributed by atoms with Crippen LogP contribution in [0.15, 0.2) is 53.5 Å². The zero-order valence-corrected chi connectivity index (χ0v) is 21.4. The Bertz CT molecular complexity index is 1170. The number of hydrogen-bond donors (Lipinski definition) is 1. The summed E-state index contributed by atoms with van der Waals surface area (Å²) in [6.07, 6.45) is 10.3. The average molecular weight is 496 g/mol. The molecule has 1 atom stereocenters. The molecule has 0 saturated carbocycles. The number of rotatable bonds is 7. The maximum atomic E-state index is 15.4. The first-order valence-corrected chi connectivity index (χ1v) is 12.2. The van der Waals surface area contributed by atoms with E-state index in [1.54, 1.807) is 12.1 Å². The minimum absolute atomic E-state index is 0.0117. The Hall–Kier alpha value is -3.68. The van der Waals surface area contributed by atoms with Crippen LogP contribution in [-0.4, -0.2) is 59.2 Å². The van der Waals surface area contributed by atoms with Crippen LogP contribution in [0.3, 0.4) is 0 Å². The Balaban J connectivity index is 2.00. The van der Waals surface area contributed by atoms with Crippen molar-refractivity contribution in [3.05, 3.63) is 65.4 Å². The van der Waals surface area contributed by atoms with E-state index in [-0.39, 0.29) is 28.8 Å². The van der Waals surface area contributed by atoms with Crippen molar-refractivity contribution in [2.75, 3.05) is 20.7 Å². The summed E-state index contributed by atoms with van der Waals surface area (Å²) in [5, 5.41) is 8.96. The lowest BCUT2D eigenvalue weighted by atomic mass is 10.0. The van der Waals surface area contributed by atoms with E-state index in [1.165, 1.54) is 13.2 Å². The molecule has 1 unspecified atom stereocenters. The summed E-state index contributed by atoms with van der Waals surface area (Å²) in [4.78, 5) is 32.8. The third-order valence-corrected chi connectivity index (χ3v) is 6.61. The van der Waals surface area contributed by atoms with Gasteiger partial charge in [-0.2, -0.15) is 0 Å². The Morgan fingerprint density at radius 1 is 1.31 bits per heavy atom. The predicted molar refractivity (Wildman–Crippen MR) is 140 cm³/mol. The molecule has 3 rings (SSSR count). The molecule has 1 aromatic rings. The molecule has 2 heterocycles. The fraction of sp³-hybridized carbons (Fsp3) is 0.393. The molecule has 0 bridgehead atoms. The van der Waals surface area contributed by atoms with E-state index in [1.807, 2.05) is 29.8 Å². The molecular formula is C28H34FN3O4. The highest BCUT2D eigenvalue weighted by molar-refractivity contribution is 6.43. The molecule has 2 aliphatic heterocycles. The number of halogens is 1. The summed E-state index contributed by atoms with van der Waals surface area (Å²) in [6, 6.07) is 3.23. The second kappa shape index (κ2) is 11.8. The molecule has 36 heavy (non-hydrogen) atoms. The van der Waals surface area contributed by atoms with Crippen LogP contribution in [0.5, 0.6) is 5.75 Å². The molecule has 0 aliphatic carbocycles. The first kappa shape index (κ1) is 26.9. The van der Waals surface area contributed by atoms with Crippen molar-refractivity contribution in [1.29, 1.82) is 0 Å². The van der Waals surface area contributed by atoms with Gasteiger partial charge in [0.1, 0.15) is 23.1 Å². The zero-order chi connectivity index (χ0) is 26.4. The van der Waals surface area contributed by atoms with Gasteiger partial charge in [-0.05, 0) is 62.1 Å². The molecule has 1 saturated heterocycles. The minimum Gasteiger partial charge on any atom is -0.496 e. The third-order valence-electron chi connectivity index (χ3n) is 6.61. The number of nitrogens with zero attached hydrogens (tertiary/aromatic N) is 3. The molecule has 192 valence electrons. The van der Waals surface area contributed by atoms with Gasteiger partial charge in [0.2, 0.25) is 0 Å². The number of benzene rings is 1. The minimum atomic E-state index is -1.20. The number of allylic oxidation sites excluding steroid dienone is 3. The van der Waals surface area contributed by atoms with Gasteiger partial charge in [-0.3, -0.25) is 4.79 Å². The molecule has 7 nitrogen and oxygen atoms in total. The van der Waals surface area contributed by atoms with Crippen LogP contribution < -0.4 is 4.74 Å². The number of methoxy groups -OCH3 is 1. The van der Waals surface area contributed by atoms with Crippen LogP contribution in [0.1, 0.15) is 57.1 Å². The van der Waals surface area contributed by atoms with Gasteiger partial charge >= 0.3 is 5.97 Å². The van der Waals surface area contributed by atoms with Crippen molar-refractivity contribution in [3.8, 4) is 5.75 Å². The summed E-state index contributed by atoms with van der Waals surface area (Å²) in [5.74, 6) is -1.27. The first-order chi connectivity index (χ1) is 17.2. The van der Waals surface area contributed by atoms with Gasteiger partial charge in [-0.1, -0.05) is 26.3 Å². The van der Waals surface area contributed by atoms with E-state index in [0.29, 0.717) is 30.1 Å². The van der Waals surface area contributed by atoms with E-state index in [4.69, 9.17) is 9.84 Å². The molecule has 1 amide bonds. The number of amides is 1. The highest BCUT2D eigenvalue weighted by Gasteiger charge is 2.28. The van der Waals surface area contributed by atoms with Crippen LogP contribution in [0.4, 0.5) is 4.39 Å². The maximum absolute atomic E-state index is 15.4. The molecule has 1 fully saturated rings. The van der Waals surface area contributed by atoms with Gasteiger partial charge in [0.05, 0.1) is 12.7 Å². The number of carbonyl (C=O) groups is 2. The highest BCUT2D eigenvalue weighted by atomic mass is 19.1. The molecule has 0 spiro atoms. The smallest absolute Gasteiger partial charge is 0.328 e. The second-order valence-corrected chi connectivity index (χ2v) is 8.98. The van der Waals surface area contributed by atoms with Crippen LogP contribution in [0.25, 0.3) is 11.6 Å². The topological polar surface area (TPSA) is 82.4 Å². The number of aliphatic imine (C=N–C) groups is 1. The number of hydrogen-bond acceptors (Lipinski definition) is 5. The molecule has 0 aromatic heterocycles. The van der Waals surface area contributed by atoms with Crippen LogP contribution in [0.2, 0.25) is 0 Å². The van der Waals surface area contributed by atoms with E-state index in [0.717, 1.165) is 43.5 Å². The van der Waals surface area contributed by atoms with Crippen molar-refractivity contribution in [3.63, 3.8) is 0 Å². The van der Waals surface area contributed by atoms with Crippen molar-refractivity contribution >= 4 is 29.2 Å². The van der Waals surface area contributed by atoms with Gasteiger partial charge in [-0.25, -0.2) is 14.2 Å². The summed E-state index contributed by atoms with van der Waals surface area (Å²) in [6.45, 7) is 8.82. The lowest BCUT2D eigenvalue weighted by molar-refractivity contribution is -0.131. The monoisotopic (exact) mass is 495 g/mol. The standard InChI is InChI=1S/C28H34FN3O4/c1-6-20-17-23(28(35)32-15-9-7-8-10-19(32)3)30-25(31(20)4)16-18(2)21-11-13-24(36-5)22(27(21)29)12-14-26(33)34/h11-14,16-17,19H,2,6-10,15H2,1,3-5H3,(H,33,34)/b14-12+,25-16-. The molecule has 8 heteroatoms. The fourth-order valence-corrected chi connectivity index (χ4v) is 4.48. The number of carbonyl (C=O) groups excluding carboxylic acids is 1. The predicted octanol–water partition coefficient (Wildman–Crippen LogP) is 5.26. The normalized spacial score (nSPS) is 19.7. The molecule has 0 radical (unpaired) electrons. The van der Waals surface area contributed by atoms with Gasteiger partial charge in [0, 0.05) is 37.0 Å². The first-order valence-electron chi connectivity index (χ1n) is 12.2. The van der Waals surface area contributed by atoms with Gasteiger partial charge < -0.3 is 19.6 Å². The van der Waals surface area contributed by atoms with Gasteiger partial charge in [0.25, 0.3) is 5.91 Å². The highest BCUT2D eigenvalue weighted by Crippen LogP contribution is 2.31. The lowest BCUT2D eigenvalue weighted by Crippen LogP contribution is -2.43. The molecule has 1 aromatic carbocycles. The number of carboxylic acids is 1. The number of aliphatic carboxylic acids is 1. The Kier molecular flexibility index (Phi) is 8.85. The molecule has 1 N–H and O–H groups in total.